The van der Waals surface area contributed by atoms with Crippen molar-refractivity contribution in [3.63, 3.8) is 0 Å². The molecule has 0 aromatic heterocycles. The third-order valence-corrected chi connectivity index (χ3v) is 5.92. The van der Waals surface area contributed by atoms with E-state index in [1.807, 2.05) is 0 Å². The SMILES string of the molecule is CCN=[N+](Nc1cc(Cl)ccc1OC)c1ccc(S(=O)(=O)N(C)C)cc1C(=O)O. The molecule has 0 atom stereocenters. The van der Waals surface area contributed by atoms with Crippen LogP contribution in [0.5, 0.6) is 5.75 Å². The Bertz CT molecular complexity index is 1050. The zero-order valence-corrected chi connectivity index (χ0v) is 18.0. The lowest BCUT2D eigenvalue weighted by Crippen LogP contribution is -2.23. The van der Waals surface area contributed by atoms with Crippen molar-refractivity contribution in [1.29, 1.82) is 0 Å². The van der Waals surface area contributed by atoms with Gasteiger partial charge in [0.05, 0.1) is 12.0 Å². The summed E-state index contributed by atoms with van der Waals surface area (Å²) in [6.07, 6.45) is 0. The minimum Gasteiger partial charge on any atom is -0.494 e. The lowest BCUT2D eigenvalue weighted by Gasteiger charge is -2.13. The molecule has 11 heteroatoms. The number of hydrazine groups is 1. The molecular weight excluding hydrogens is 420 g/mol. The number of aromatic carboxylic acids is 1. The van der Waals surface area contributed by atoms with E-state index in [1.165, 1.54) is 38.1 Å². The first-order chi connectivity index (χ1) is 13.6. The zero-order chi connectivity index (χ0) is 21.8. The van der Waals surface area contributed by atoms with Crippen LogP contribution in [0.25, 0.3) is 0 Å². The van der Waals surface area contributed by atoms with E-state index in [0.29, 0.717) is 23.0 Å². The highest BCUT2D eigenvalue weighted by atomic mass is 35.5. The maximum Gasteiger partial charge on any atom is 0.342 e. The summed E-state index contributed by atoms with van der Waals surface area (Å²) in [6.45, 7) is 2.10. The lowest BCUT2D eigenvalue weighted by molar-refractivity contribution is -0.482. The fraction of sp³-hybridized carbons (Fsp3) is 0.278. The predicted octanol–water partition coefficient (Wildman–Crippen LogP) is 3.44. The number of nitrogens with zero attached hydrogens (tertiary/aromatic N) is 3. The second-order valence-corrected chi connectivity index (χ2v) is 8.59. The topological polar surface area (TPSA) is 111 Å². The maximum atomic E-state index is 12.4. The molecule has 0 aliphatic heterocycles. The third kappa shape index (κ3) is 5.03. The van der Waals surface area contributed by atoms with Gasteiger partial charge in [0.15, 0.2) is 0 Å². The van der Waals surface area contributed by atoms with Crippen LogP contribution in [0, 0.1) is 0 Å². The van der Waals surface area contributed by atoms with Gasteiger partial charge in [-0.1, -0.05) is 11.6 Å². The minimum atomic E-state index is -3.80. The fourth-order valence-electron chi connectivity index (χ4n) is 2.44. The molecular formula is C18H22ClN4O5S+. The van der Waals surface area contributed by atoms with Crippen LogP contribution in [0.1, 0.15) is 17.3 Å². The molecule has 0 fully saturated rings. The van der Waals surface area contributed by atoms with Gasteiger partial charge in [-0.25, -0.2) is 17.5 Å². The quantitative estimate of drug-likeness (QED) is 0.368. The first kappa shape index (κ1) is 22.6. The molecule has 0 aliphatic carbocycles. The van der Waals surface area contributed by atoms with Crippen LogP contribution in [0.3, 0.4) is 0 Å². The Hall–Kier alpha value is -2.69. The van der Waals surface area contributed by atoms with Gasteiger partial charge in [0.1, 0.15) is 23.5 Å². The molecule has 156 valence electrons. The Kier molecular flexibility index (Phi) is 7.17. The number of hydrogen-bond acceptors (Lipinski definition) is 5. The van der Waals surface area contributed by atoms with Gasteiger partial charge < -0.3 is 9.84 Å². The van der Waals surface area contributed by atoms with Gasteiger partial charge in [-0.2, -0.15) is 0 Å². The number of anilines is 1. The predicted molar refractivity (Wildman–Crippen MR) is 109 cm³/mol. The van der Waals surface area contributed by atoms with Gasteiger partial charge in [0, 0.05) is 30.0 Å². The second-order valence-electron chi connectivity index (χ2n) is 6.00. The summed E-state index contributed by atoms with van der Waals surface area (Å²) >= 11 is 6.05. The highest BCUT2D eigenvalue weighted by molar-refractivity contribution is 7.89. The zero-order valence-electron chi connectivity index (χ0n) is 16.4. The Labute approximate surface area is 174 Å². The number of benzene rings is 2. The molecule has 9 nitrogen and oxygen atoms in total. The van der Waals surface area contributed by atoms with Gasteiger partial charge in [-0.3, -0.25) is 0 Å². The molecule has 0 saturated heterocycles. The number of hydrogen-bond donors (Lipinski definition) is 2. The number of carbonyl (C=O) groups is 1. The highest BCUT2D eigenvalue weighted by Crippen LogP contribution is 2.30. The van der Waals surface area contributed by atoms with Crippen molar-refractivity contribution in [2.75, 3.05) is 33.2 Å². The van der Waals surface area contributed by atoms with Gasteiger partial charge in [0.25, 0.3) is 5.69 Å². The Morgan fingerprint density at radius 2 is 1.97 bits per heavy atom. The van der Waals surface area contributed by atoms with E-state index in [0.717, 1.165) is 10.4 Å². The molecule has 29 heavy (non-hydrogen) atoms. The molecule has 0 aliphatic rings. The smallest absolute Gasteiger partial charge is 0.342 e. The molecule has 2 N–H and O–H groups in total. The summed E-state index contributed by atoms with van der Waals surface area (Å²) in [6, 6.07) is 8.71. The molecule has 0 saturated carbocycles. The molecule has 0 amide bonds. The Morgan fingerprint density at radius 3 is 2.52 bits per heavy atom. The van der Waals surface area contributed by atoms with Crippen molar-refractivity contribution >= 4 is 39.0 Å². The molecule has 2 rings (SSSR count). The molecule has 0 spiro atoms. The maximum absolute atomic E-state index is 12.4. The van der Waals surface area contributed by atoms with Crippen LogP contribution in [0.4, 0.5) is 11.4 Å². The summed E-state index contributed by atoms with van der Waals surface area (Å²) in [4.78, 5) is 13.0. The first-order valence-electron chi connectivity index (χ1n) is 8.49. The van der Waals surface area contributed by atoms with Crippen molar-refractivity contribution in [2.45, 2.75) is 11.8 Å². The van der Waals surface area contributed by atoms with Crippen LogP contribution in [0.15, 0.2) is 46.4 Å². The number of ether oxygens (including phenoxy) is 1. The Balaban J connectivity index is 2.61. The van der Waals surface area contributed by atoms with Gasteiger partial charge in [0.2, 0.25) is 10.0 Å². The number of carboxylic acids is 1. The number of methoxy groups -OCH3 is 1. The van der Waals surface area contributed by atoms with Crippen LogP contribution >= 0.6 is 11.6 Å². The van der Waals surface area contributed by atoms with E-state index < -0.39 is 16.0 Å². The number of halogens is 1. The average molecular weight is 442 g/mol. The summed E-state index contributed by atoms with van der Waals surface area (Å²) in [5.41, 5.74) is 3.34. The number of sulfonamides is 1. The number of carboxylic acid groups (broad SMARTS) is 1. The first-order valence-corrected chi connectivity index (χ1v) is 10.3. The van der Waals surface area contributed by atoms with Crippen molar-refractivity contribution in [3.8, 4) is 5.75 Å². The van der Waals surface area contributed by atoms with Crippen molar-refractivity contribution in [3.05, 3.63) is 47.0 Å². The largest absolute Gasteiger partial charge is 0.494 e. The van der Waals surface area contributed by atoms with Gasteiger partial charge in [-0.05, 0) is 42.4 Å². The van der Waals surface area contributed by atoms with Crippen LogP contribution in [0.2, 0.25) is 5.02 Å². The second kappa shape index (κ2) is 9.21. The molecule has 0 unspecified atom stereocenters. The van der Waals surface area contributed by atoms with Crippen molar-refractivity contribution in [1.82, 2.24) is 4.31 Å². The molecule has 0 bridgehead atoms. The molecule has 0 heterocycles. The van der Waals surface area contributed by atoms with Gasteiger partial charge >= 0.3 is 5.97 Å². The number of azo groups is 1. The third-order valence-electron chi connectivity index (χ3n) is 3.88. The van der Waals surface area contributed by atoms with Crippen molar-refractivity contribution in [2.24, 2.45) is 5.11 Å². The van der Waals surface area contributed by atoms with Crippen molar-refractivity contribution < 1.29 is 27.9 Å². The number of nitrogens with one attached hydrogen (secondary N) is 1. The monoisotopic (exact) mass is 441 g/mol. The number of rotatable bonds is 8. The molecule has 0 radical (unpaired) electrons. The van der Waals surface area contributed by atoms with E-state index >= 15 is 0 Å². The summed E-state index contributed by atoms with van der Waals surface area (Å²) in [5, 5.41) is 14.4. The van der Waals surface area contributed by atoms with E-state index in [9.17, 15) is 18.3 Å². The Morgan fingerprint density at radius 1 is 1.28 bits per heavy atom. The van der Waals surface area contributed by atoms with Gasteiger partial charge in [-0.15, -0.1) is 5.43 Å². The normalized spacial score (nSPS) is 12.1. The molecule has 2 aromatic carbocycles. The van der Waals surface area contributed by atoms with E-state index in [1.54, 1.807) is 25.1 Å². The van der Waals surface area contributed by atoms with Crippen LogP contribution in [-0.4, -0.2) is 56.4 Å². The van der Waals surface area contributed by atoms with Crippen LogP contribution in [-0.2, 0) is 10.0 Å². The van der Waals surface area contributed by atoms with E-state index in [-0.39, 0.29) is 16.1 Å². The van der Waals surface area contributed by atoms with Crippen LogP contribution < -0.4 is 10.2 Å². The summed E-state index contributed by atoms with van der Waals surface area (Å²) < 4.78 is 31.1. The fourth-order valence-corrected chi connectivity index (χ4v) is 3.54. The standard InChI is InChI=1S/C18H21ClN4O5S/c1-5-20-23(21-15-10-12(19)6-9-17(15)28-4)16-8-7-13(11-14(16)18(24)25)29(26,27)22(2)3/h6-11H,5H2,1-4H3,(H-,20,21,24,25)/p+1. The van der Waals surface area contributed by atoms with E-state index in [2.05, 4.69) is 10.5 Å². The molecule has 2 aromatic rings. The summed E-state index contributed by atoms with van der Waals surface area (Å²) in [7, 11) is 0.426. The highest BCUT2D eigenvalue weighted by Gasteiger charge is 2.28. The van der Waals surface area contributed by atoms with E-state index in [4.69, 9.17) is 16.3 Å². The average Bonchev–Trinajstić information content (AvgIpc) is 2.67. The lowest BCUT2D eigenvalue weighted by atomic mass is 10.2. The minimum absolute atomic E-state index is 0.138. The summed E-state index contributed by atoms with van der Waals surface area (Å²) in [5.74, 6) is -0.832.